The molecule has 1 aliphatic carbocycles. The summed E-state index contributed by atoms with van der Waals surface area (Å²) in [5.74, 6) is 0. The van der Waals surface area contributed by atoms with Gasteiger partial charge in [-0.1, -0.05) is 13.8 Å². The zero-order valence-corrected chi connectivity index (χ0v) is 14.8. The normalized spacial score (nSPS) is 17.7. The molecule has 6 heteroatoms. The average Bonchev–Trinajstić information content (AvgIpc) is 2.77. The lowest BCUT2D eigenvalue weighted by molar-refractivity contribution is 0.214. The van der Waals surface area contributed by atoms with E-state index in [-0.39, 0.29) is 5.54 Å². The Morgan fingerprint density at radius 1 is 1.33 bits per heavy atom. The van der Waals surface area contributed by atoms with Crippen molar-refractivity contribution in [3.05, 3.63) is 16.5 Å². The molecule has 2 rings (SSSR count). The van der Waals surface area contributed by atoms with Crippen LogP contribution in [0.15, 0.2) is 10.3 Å². The summed E-state index contributed by atoms with van der Waals surface area (Å²) < 4.78 is 28.5. The smallest absolute Gasteiger partial charge is 0.250 e. The van der Waals surface area contributed by atoms with E-state index in [4.69, 9.17) is 0 Å². The van der Waals surface area contributed by atoms with Gasteiger partial charge in [-0.3, -0.25) is 0 Å². The Balaban J connectivity index is 2.11. The highest BCUT2D eigenvalue weighted by Gasteiger charge is 2.39. The molecule has 0 amide bonds. The van der Waals surface area contributed by atoms with Gasteiger partial charge in [0, 0.05) is 17.0 Å². The molecule has 1 aromatic rings. The second-order valence-electron chi connectivity index (χ2n) is 5.94. The minimum absolute atomic E-state index is 0.197. The van der Waals surface area contributed by atoms with Crippen LogP contribution in [0.2, 0.25) is 0 Å². The average molecular weight is 331 g/mol. The minimum atomic E-state index is -3.38. The van der Waals surface area contributed by atoms with Crippen molar-refractivity contribution in [2.75, 3.05) is 6.54 Å². The van der Waals surface area contributed by atoms with Crippen LogP contribution < -0.4 is 10.0 Å². The molecular weight excluding hydrogens is 304 g/mol. The van der Waals surface area contributed by atoms with Crippen molar-refractivity contribution in [3.8, 4) is 0 Å². The lowest BCUT2D eigenvalue weighted by atomic mass is 9.76. The highest BCUT2D eigenvalue weighted by Crippen LogP contribution is 2.37. The van der Waals surface area contributed by atoms with Gasteiger partial charge in [-0.2, -0.15) is 0 Å². The van der Waals surface area contributed by atoms with Crippen molar-refractivity contribution in [2.45, 2.75) is 69.2 Å². The summed E-state index contributed by atoms with van der Waals surface area (Å²) in [5.41, 5.74) is 0.861. The van der Waals surface area contributed by atoms with E-state index in [2.05, 4.69) is 23.9 Å². The Hall–Kier alpha value is -0.430. The number of sulfonamides is 1. The van der Waals surface area contributed by atoms with Crippen LogP contribution in [-0.2, 0) is 16.6 Å². The van der Waals surface area contributed by atoms with Gasteiger partial charge in [0.15, 0.2) is 0 Å². The maximum absolute atomic E-state index is 12.6. The third-order valence-corrected chi connectivity index (χ3v) is 7.60. The van der Waals surface area contributed by atoms with Crippen molar-refractivity contribution in [1.82, 2.24) is 10.0 Å². The monoisotopic (exact) mass is 330 g/mol. The van der Waals surface area contributed by atoms with E-state index in [0.29, 0.717) is 4.21 Å². The van der Waals surface area contributed by atoms with Crippen molar-refractivity contribution < 1.29 is 8.42 Å². The molecule has 1 aromatic heterocycles. The quantitative estimate of drug-likeness (QED) is 0.720. The van der Waals surface area contributed by atoms with Crippen molar-refractivity contribution >= 4 is 21.4 Å². The summed E-state index contributed by atoms with van der Waals surface area (Å²) in [4.78, 5) is 1.11. The highest BCUT2D eigenvalue weighted by molar-refractivity contribution is 7.91. The van der Waals surface area contributed by atoms with E-state index in [1.807, 2.05) is 6.92 Å². The molecule has 0 atom stereocenters. The van der Waals surface area contributed by atoms with Gasteiger partial charge >= 0.3 is 0 Å². The third kappa shape index (κ3) is 3.86. The molecule has 0 saturated heterocycles. The van der Waals surface area contributed by atoms with Gasteiger partial charge < -0.3 is 5.32 Å². The molecular formula is C15H26N2O2S2. The number of rotatable bonds is 8. The molecule has 1 saturated carbocycles. The molecule has 21 heavy (non-hydrogen) atoms. The third-order valence-electron chi connectivity index (χ3n) is 4.31. The fraction of sp³-hybridized carbons (Fsp3) is 0.733. The van der Waals surface area contributed by atoms with Crippen molar-refractivity contribution in [2.24, 2.45) is 0 Å². The molecule has 2 N–H and O–H groups in total. The predicted molar refractivity (Wildman–Crippen MR) is 88.2 cm³/mol. The molecule has 0 spiro atoms. The fourth-order valence-electron chi connectivity index (χ4n) is 2.64. The van der Waals surface area contributed by atoms with E-state index < -0.39 is 10.0 Å². The predicted octanol–water partition coefficient (Wildman–Crippen LogP) is 3.17. The summed E-state index contributed by atoms with van der Waals surface area (Å²) >= 11 is 1.39. The van der Waals surface area contributed by atoms with Gasteiger partial charge in [0.2, 0.25) is 0 Å². The summed E-state index contributed by atoms with van der Waals surface area (Å²) in [7, 11) is -3.38. The van der Waals surface area contributed by atoms with Crippen LogP contribution in [-0.4, -0.2) is 20.5 Å². The molecule has 1 fully saturated rings. The van der Waals surface area contributed by atoms with Gasteiger partial charge in [-0.15, -0.1) is 11.3 Å². The van der Waals surface area contributed by atoms with Crippen LogP contribution in [0.4, 0.5) is 0 Å². The molecule has 0 bridgehead atoms. The number of hydrogen-bond donors (Lipinski definition) is 2. The second-order valence-corrected chi connectivity index (χ2v) is 8.99. The molecule has 120 valence electrons. The van der Waals surface area contributed by atoms with Gasteiger partial charge in [0.1, 0.15) is 4.21 Å². The maximum atomic E-state index is 12.6. The van der Waals surface area contributed by atoms with Crippen LogP contribution in [0.5, 0.6) is 0 Å². The highest BCUT2D eigenvalue weighted by atomic mass is 32.2. The first-order chi connectivity index (χ1) is 9.92. The second kappa shape index (κ2) is 6.77. The zero-order valence-electron chi connectivity index (χ0n) is 13.2. The Morgan fingerprint density at radius 2 is 2.05 bits per heavy atom. The molecule has 1 heterocycles. The number of hydrogen-bond acceptors (Lipinski definition) is 4. The molecule has 0 unspecified atom stereocenters. The lowest BCUT2D eigenvalue weighted by Crippen LogP contribution is -2.52. The van der Waals surface area contributed by atoms with Gasteiger partial charge in [0.25, 0.3) is 10.0 Å². The molecule has 0 aromatic carbocycles. The number of thiophene rings is 1. The minimum Gasteiger partial charge on any atom is -0.312 e. The largest absolute Gasteiger partial charge is 0.312 e. The zero-order chi connectivity index (χ0) is 15.5. The molecule has 4 nitrogen and oxygen atoms in total. The van der Waals surface area contributed by atoms with E-state index >= 15 is 0 Å². The van der Waals surface area contributed by atoms with Gasteiger partial charge in [0.05, 0.1) is 0 Å². The van der Waals surface area contributed by atoms with Crippen LogP contribution >= 0.6 is 11.3 Å². The first kappa shape index (κ1) is 16.9. The van der Waals surface area contributed by atoms with Crippen LogP contribution in [0.1, 0.15) is 56.4 Å². The van der Waals surface area contributed by atoms with E-state index in [1.165, 1.54) is 11.3 Å². The van der Waals surface area contributed by atoms with E-state index in [0.717, 1.165) is 55.6 Å². The summed E-state index contributed by atoms with van der Waals surface area (Å²) in [6.45, 7) is 7.87. The summed E-state index contributed by atoms with van der Waals surface area (Å²) in [6, 6.07) is 1.80. The first-order valence-corrected chi connectivity index (χ1v) is 10.1. The van der Waals surface area contributed by atoms with Gasteiger partial charge in [-0.25, -0.2) is 13.1 Å². The van der Waals surface area contributed by atoms with Crippen LogP contribution in [0.25, 0.3) is 0 Å². The van der Waals surface area contributed by atoms with E-state index in [1.54, 1.807) is 6.07 Å². The van der Waals surface area contributed by atoms with Crippen molar-refractivity contribution in [1.29, 1.82) is 0 Å². The lowest BCUT2D eigenvalue weighted by Gasteiger charge is -2.41. The Labute approximate surface area is 132 Å². The Bertz CT molecular complexity index is 569. The van der Waals surface area contributed by atoms with Crippen LogP contribution in [0.3, 0.4) is 0 Å². The maximum Gasteiger partial charge on any atom is 0.250 e. The first-order valence-electron chi connectivity index (χ1n) is 7.76. The topological polar surface area (TPSA) is 58.2 Å². The number of aryl methyl sites for hydroxylation is 1. The number of nitrogens with one attached hydrogen (secondary N) is 2. The Morgan fingerprint density at radius 3 is 2.57 bits per heavy atom. The Kier molecular flexibility index (Phi) is 5.46. The van der Waals surface area contributed by atoms with Crippen LogP contribution in [0, 0.1) is 6.92 Å². The molecule has 0 radical (unpaired) electrons. The van der Waals surface area contributed by atoms with Gasteiger partial charge in [-0.05, 0) is 57.2 Å². The SMILES string of the molecule is CCCNCc1sc(S(=O)(=O)NC2(CC)CCC2)cc1C. The standard InChI is InChI=1S/C15H26N2O2S2/c1-4-9-16-11-13-12(3)10-14(20-13)21(18,19)17-15(5-2)7-6-8-15/h10,16-17H,4-9,11H2,1-3H3. The van der Waals surface area contributed by atoms with Crippen molar-refractivity contribution in [3.63, 3.8) is 0 Å². The molecule has 0 aliphatic heterocycles. The fourth-order valence-corrected chi connectivity index (χ4v) is 5.73. The van der Waals surface area contributed by atoms with E-state index in [9.17, 15) is 8.42 Å². The molecule has 1 aliphatic rings. The summed E-state index contributed by atoms with van der Waals surface area (Å²) in [6.07, 6.45) is 4.97. The summed E-state index contributed by atoms with van der Waals surface area (Å²) in [5, 5.41) is 3.33.